The van der Waals surface area contributed by atoms with Crippen LogP contribution in [-0.2, 0) is 6.54 Å². The summed E-state index contributed by atoms with van der Waals surface area (Å²) >= 11 is 0. The number of aromatic nitrogens is 2. The highest BCUT2D eigenvalue weighted by Crippen LogP contribution is 2.19. The molecule has 1 aromatic carbocycles. The predicted octanol–water partition coefficient (Wildman–Crippen LogP) is 2.18. The molecule has 3 rings (SSSR count). The van der Waals surface area contributed by atoms with Crippen molar-refractivity contribution < 1.29 is 4.79 Å². The minimum Gasteiger partial charge on any atom is -0.350 e. The van der Waals surface area contributed by atoms with E-state index in [4.69, 9.17) is 0 Å². The minimum absolute atomic E-state index is 0.0513. The van der Waals surface area contributed by atoms with Crippen molar-refractivity contribution in [1.29, 1.82) is 0 Å². The van der Waals surface area contributed by atoms with Crippen LogP contribution in [0.3, 0.4) is 0 Å². The van der Waals surface area contributed by atoms with Crippen LogP contribution in [-0.4, -0.2) is 35.3 Å². The summed E-state index contributed by atoms with van der Waals surface area (Å²) in [5.74, 6) is 0.527. The van der Waals surface area contributed by atoms with E-state index >= 15 is 0 Å². The average molecular weight is 300 g/mol. The Hall–Kier alpha value is -1.88. The molecule has 0 radical (unpaired) electrons. The maximum atomic E-state index is 12.5. The van der Waals surface area contributed by atoms with Crippen LogP contribution >= 0.6 is 0 Å². The smallest absolute Gasteiger partial charge is 0.272 e. The first-order valence-corrected chi connectivity index (χ1v) is 8.24. The quantitative estimate of drug-likeness (QED) is 0.890. The molecule has 5 heteroatoms. The van der Waals surface area contributed by atoms with Gasteiger partial charge in [0.05, 0.1) is 5.52 Å². The summed E-state index contributed by atoms with van der Waals surface area (Å²) in [6, 6.07) is 7.96. The third kappa shape index (κ3) is 3.14. The average Bonchev–Trinajstić information content (AvgIpc) is 2.93. The molecular weight excluding hydrogens is 276 g/mol. The molecule has 1 saturated heterocycles. The van der Waals surface area contributed by atoms with E-state index in [0.29, 0.717) is 11.6 Å². The van der Waals surface area contributed by atoms with E-state index in [1.54, 1.807) is 0 Å². The summed E-state index contributed by atoms with van der Waals surface area (Å²) in [6.07, 6.45) is 3.26. The van der Waals surface area contributed by atoms with Crippen LogP contribution < -0.4 is 10.6 Å². The number of piperidine rings is 1. The molecule has 1 amide bonds. The van der Waals surface area contributed by atoms with Gasteiger partial charge in [-0.25, -0.2) is 0 Å². The van der Waals surface area contributed by atoms with Crippen LogP contribution in [0.15, 0.2) is 24.3 Å². The van der Waals surface area contributed by atoms with E-state index in [1.807, 2.05) is 28.9 Å². The van der Waals surface area contributed by atoms with E-state index in [2.05, 4.69) is 22.7 Å². The van der Waals surface area contributed by atoms with Gasteiger partial charge < -0.3 is 10.6 Å². The van der Waals surface area contributed by atoms with Gasteiger partial charge in [0.15, 0.2) is 5.69 Å². The summed E-state index contributed by atoms with van der Waals surface area (Å²) in [5.41, 5.74) is 1.59. The number of para-hydroxylation sites is 1. The first-order valence-electron chi connectivity index (χ1n) is 8.24. The number of carbonyl (C=O) groups excluding carboxylic acids is 1. The van der Waals surface area contributed by atoms with Crippen LogP contribution in [0, 0.1) is 5.92 Å². The molecule has 0 unspecified atom stereocenters. The van der Waals surface area contributed by atoms with Crippen LogP contribution in [0.25, 0.3) is 10.9 Å². The first-order chi connectivity index (χ1) is 10.8. The van der Waals surface area contributed by atoms with Crippen LogP contribution in [0.4, 0.5) is 0 Å². The van der Waals surface area contributed by atoms with E-state index < -0.39 is 0 Å². The van der Waals surface area contributed by atoms with Gasteiger partial charge in [-0.2, -0.15) is 5.10 Å². The lowest BCUT2D eigenvalue weighted by Crippen LogP contribution is -2.36. The van der Waals surface area contributed by atoms with Gasteiger partial charge >= 0.3 is 0 Å². The zero-order valence-electron chi connectivity index (χ0n) is 13.1. The minimum atomic E-state index is -0.0513. The molecule has 1 aliphatic rings. The summed E-state index contributed by atoms with van der Waals surface area (Å²) < 4.78 is 1.94. The Morgan fingerprint density at radius 1 is 1.36 bits per heavy atom. The molecule has 0 bridgehead atoms. The second kappa shape index (κ2) is 6.92. The highest BCUT2D eigenvalue weighted by atomic mass is 16.1. The molecular formula is C17H24N4O. The molecule has 2 heterocycles. The molecule has 118 valence electrons. The van der Waals surface area contributed by atoms with Crippen LogP contribution in [0.1, 0.15) is 36.7 Å². The van der Waals surface area contributed by atoms with Gasteiger partial charge in [-0.3, -0.25) is 9.48 Å². The highest BCUT2D eigenvalue weighted by Gasteiger charge is 2.19. The normalized spacial score (nSPS) is 16.0. The van der Waals surface area contributed by atoms with Crippen molar-refractivity contribution in [3.8, 4) is 0 Å². The summed E-state index contributed by atoms with van der Waals surface area (Å²) in [7, 11) is 0. The lowest BCUT2D eigenvalue weighted by molar-refractivity contribution is 0.0940. The monoisotopic (exact) mass is 300 g/mol. The van der Waals surface area contributed by atoms with Crippen molar-refractivity contribution in [2.75, 3.05) is 19.6 Å². The first kappa shape index (κ1) is 15.0. The molecule has 1 fully saturated rings. The Kier molecular flexibility index (Phi) is 4.73. The number of nitrogens with one attached hydrogen (secondary N) is 2. The topological polar surface area (TPSA) is 59.0 Å². The van der Waals surface area contributed by atoms with E-state index in [1.165, 1.54) is 0 Å². The molecule has 0 saturated carbocycles. The van der Waals surface area contributed by atoms with Crippen molar-refractivity contribution in [3.63, 3.8) is 0 Å². The van der Waals surface area contributed by atoms with Crippen molar-refractivity contribution in [2.24, 2.45) is 5.92 Å². The summed E-state index contributed by atoms with van der Waals surface area (Å²) in [4.78, 5) is 12.5. The molecule has 2 aromatic rings. The SMILES string of the molecule is CCCn1nc(C(=O)NCC2CCNCC2)c2ccccc21. The van der Waals surface area contributed by atoms with Gasteiger partial charge in [0.25, 0.3) is 5.91 Å². The van der Waals surface area contributed by atoms with E-state index in [9.17, 15) is 4.79 Å². The Bertz CT molecular complexity index is 643. The molecule has 22 heavy (non-hydrogen) atoms. The Morgan fingerprint density at radius 3 is 2.91 bits per heavy atom. The van der Waals surface area contributed by atoms with Gasteiger partial charge in [0.1, 0.15) is 0 Å². The molecule has 0 aliphatic carbocycles. The number of benzene rings is 1. The fourth-order valence-electron chi connectivity index (χ4n) is 3.08. The maximum absolute atomic E-state index is 12.5. The van der Waals surface area contributed by atoms with Gasteiger partial charge in [-0.15, -0.1) is 0 Å². The maximum Gasteiger partial charge on any atom is 0.272 e. The summed E-state index contributed by atoms with van der Waals surface area (Å²) in [5, 5.41) is 11.9. The van der Waals surface area contributed by atoms with Gasteiger partial charge in [0.2, 0.25) is 0 Å². The van der Waals surface area contributed by atoms with Crippen molar-refractivity contribution >= 4 is 16.8 Å². The van der Waals surface area contributed by atoms with Gasteiger partial charge in [0, 0.05) is 18.5 Å². The van der Waals surface area contributed by atoms with Gasteiger partial charge in [-0.1, -0.05) is 25.1 Å². The second-order valence-electron chi connectivity index (χ2n) is 5.99. The second-order valence-corrected chi connectivity index (χ2v) is 5.99. The van der Waals surface area contributed by atoms with E-state index in [0.717, 1.165) is 56.3 Å². The summed E-state index contributed by atoms with van der Waals surface area (Å²) in [6.45, 7) is 5.80. The zero-order chi connectivity index (χ0) is 15.4. The number of aryl methyl sites for hydroxylation is 1. The van der Waals surface area contributed by atoms with Crippen LogP contribution in [0.2, 0.25) is 0 Å². The fourth-order valence-corrected chi connectivity index (χ4v) is 3.08. The molecule has 1 aromatic heterocycles. The molecule has 0 atom stereocenters. The zero-order valence-corrected chi connectivity index (χ0v) is 13.1. The number of hydrogen-bond donors (Lipinski definition) is 2. The predicted molar refractivity (Wildman–Crippen MR) is 88.0 cm³/mol. The Balaban J connectivity index is 1.75. The van der Waals surface area contributed by atoms with Crippen molar-refractivity contribution in [1.82, 2.24) is 20.4 Å². The fraction of sp³-hybridized carbons (Fsp3) is 0.529. The molecule has 1 aliphatic heterocycles. The standard InChI is InChI=1S/C17H24N4O/c1-2-11-21-15-6-4-3-5-14(15)16(20-21)17(22)19-12-13-7-9-18-10-8-13/h3-6,13,18H,2,7-12H2,1H3,(H,19,22). The third-order valence-electron chi connectivity index (χ3n) is 4.32. The molecule has 5 nitrogen and oxygen atoms in total. The van der Waals surface area contributed by atoms with Crippen LogP contribution in [0.5, 0.6) is 0 Å². The molecule has 2 N–H and O–H groups in total. The van der Waals surface area contributed by atoms with Crippen molar-refractivity contribution in [2.45, 2.75) is 32.7 Å². The Labute approximate surface area is 131 Å². The number of amides is 1. The third-order valence-corrected chi connectivity index (χ3v) is 4.32. The largest absolute Gasteiger partial charge is 0.350 e. The van der Waals surface area contributed by atoms with E-state index in [-0.39, 0.29) is 5.91 Å². The number of rotatable bonds is 5. The lowest BCUT2D eigenvalue weighted by Gasteiger charge is -2.22. The number of fused-ring (bicyclic) bond motifs is 1. The van der Waals surface area contributed by atoms with Gasteiger partial charge in [-0.05, 0) is 44.3 Å². The van der Waals surface area contributed by atoms with Crippen molar-refractivity contribution in [3.05, 3.63) is 30.0 Å². The highest BCUT2D eigenvalue weighted by molar-refractivity contribution is 6.04. The lowest BCUT2D eigenvalue weighted by atomic mass is 9.98. The number of hydrogen-bond acceptors (Lipinski definition) is 3. The Morgan fingerprint density at radius 2 is 2.14 bits per heavy atom. The molecule has 0 spiro atoms. The number of carbonyl (C=O) groups is 1. The number of nitrogens with zero attached hydrogens (tertiary/aromatic N) is 2.